The van der Waals surface area contributed by atoms with Gasteiger partial charge >= 0.3 is 0 Å². The molecule has 0 unspecified atom stereocenters. The SMILES string of the molecule is C[C@H](NC[C@H]1CCCOC1)c1ccccc1Cl. The van der Waals surface area contributed by atoms with E-state index in [4.69, 9.17) is 16.3 Å². The van der Waals surface area contributed by atoms with E-state index in [1.165, 1.54) is 18.4 Å². The van der Waals surface area contributed by atoms with E-state index in [2.05, 4.69) is 18.3 Å². The maximum Gasteiger partial charge on any atom is 0.0506 e. The van der Waals surface area contributed by atoms with Crippen LogP contribution in [0.15, 0.2) is 24.3 Å². The molecule has 3 heteroatoms. The number of nitrogens with one attached hydrogen (secondary N) is 1. The lowest BCUT2D eigenvalue weighted by molar-refractivity contribution is 0.0540. The van der Waals surface area contributed by atoms with Crippen molar-refractivity contribution >= 4 is 11.6 Å². The first-order valence-corrected chi connectivity index (χ1v) is 6.70. The largest absolute Gasteiger partial charge is 0.381 e. The Hall–Kier alpha value is -0.570. The molecule has 0 radical (unpaired) electrons. The van der Waals surface area contributed by atoms with Crippen molar-refractivity contribution in [2.24, 2.45) is 5.92 Å². The molecule has 0 bridgehead atoms. The van der Waals surface area contributed by atoms with Crippen LogP contribution in [0.2, 0.25) is 5.02 Å². The molecule has 17 heavy (non-hydrogen) atoms. The van der Waals surface area contributed by atoms with Gasteiger partial charge in [0.15, 0.2) is 0 Å². The van der Waals surface area contributed by atoms with Crippen LogP contribution in [0, 0.1) is 5.92 Å². The molecule has 2 nitrogen and oxygen atoms in total. The molecule has 1 aliphatic rings. The number of hydrogen-bond acceptors (Lipinski definition) is 2. The van der Waals surface area contributed by atoms with Crippen LogP contribution in [0.25, 0.3) is 0 Å². The van der Waals surface area contributed by atoms with E-state index in [0.717, 1.165) is 24.8 Å². The fourth-order valence-corrected chi connectivity index (χ4v) is 2.55. The van der Waals surface area contributed by atoms with Crippen LogP contribution in [-0.4, -0.2) is 19.8 Å². The van der Waals surface area contributed by atoms with Gasteiger partial charge in [0.25, 0.3) is 0 Å². The summed E-state index contributed by atoms with van der Waals surface area (Å²) >= 11 is 6.18. The summed E-state index contributed by atoms with van der Waals surface area (Å²) in [7, 11) is 0. The molecule has 1 aliphatic heterocycles. The number of benzene rings is 1. The third kappa shape index (κ3) is 3.70. The van der Waals surface area contributed by atoms with Crippen molar-refractivity contribution in [3.63, 3.8) is 0 Å². The quantitative estimate of drug-likeness (QED) is 0.888. The summed E-state index contributed by atoms with van der Waals surface area (Å²) in [4.78, 5) is 0. The molecule has 1 aromatic carbocycles. The minimum absolute atomic E-state index is 0.297. The predicted octanol–water partition coefficient (Wildman–Crippen LogP) is 3.42. The molecule has 2 atom stereocenters. The minimum atomic E-state index is 0.297. The Labute approximate surface area is 108 Å². The van der Waals surface area contributed by atoms with Crippen molar-refractivity contribution in [1.29, 1.82) is 0 Å². The Morgan fingerprint density at radius 3 is 3.00 bits per heavy atom. The summed E-state index contributed by atoms with van der Waals surface area (Å²) in [5.41, 5.74) is 1.17. The highest BCUT2D eigenvalue weighted by atomic mass is 35.5. The molecule has 0 spiro atoms. The van der Waals surface area contributed by atoms with Crippen molar-refractivity contribution in [3.8, 4) is 0 Å². The smallest absolute Gasteiger partial charge is 0.0506 e. The number of rotatable bonds is 4. The first kappa shape index (κ1) is 12.9. The topological polar surface area (TPSA) is 21.3 Å². The minimum Gasteiger partial charge on any atom is -0.381 e. The second-order valence-electron chi connectivity index (χ2n) is 4.73. The zero-order valence-electron chi connectivity index (χ0n) is 10.3. The molecular weight excluding hydrogens is 234 g/mol. The summed E-state index contributed by atoms with van der Waals surface area (Å²) in [5.74, 6) is 0.647. The third-order valence-corrected chi connectivity index (χ3v) is 3.68. The standard InChI is InChI=1S/C14H20ClNO/c1-11(13-6-2-3-7-14(13)15)16-9-12-5-4-8-17-10-12/h2-3,6-7,11-12,16H,4-5,8-10H2,1H3/t11-,12+/m0/s1. The second kappa shape index (κ2) is 6.39. The molecule has 1 saturated heterocycles. The van der Waals surface area contributed by atoms with Gasteiger partial charge in [-0.1, -0.05) is 29.8 Å². The van der Waals surface area contributed by atoms with Crippen LogP contribution in [0.3, 0.4) is 0 Å². The van der Waals surface area contributed by atoms with Gasteiger partial charge in [-0.25, -0.2) is 0 Å². The van der Waals surface area contributed by atoms with Gasteiger partial charge in [0.05, 0.1) is 6.61 Å². The van der Waals surface area contributed by atoms with Crippen molar-refractivity contribution in [2.75, 3.05) is 19.8 Å². The Kier molecular flexibility index (Phi) is 4.84. The zero-order valence-corrected chi connectivity index (χ0v) is 11.0. The maximum absolute atomic E-state index is 6.18. The van der Waals surface area contributed by atoms with Crippen LogP contribution >= 0.6 is 11.6 Å². The van der Waals surface area contributed by atoms with E-state index in [1.54, 1.807) is 0 Å². The van der Waals surface area contributed by atoms with Gasteiger partial charge in [-0.15, -0.1) is 0 Å². The van der Waals surface area contributed by atoms with Crippen LogP contribution < -0.4 is 5.32 Å². The lowest BCUT2D eigenvalue weighted by atomic mass is 10.0. The molecular formula is C14H20ClNO. The fourth-order valence-electron chi connectivity index (χ4n) is 2.25. The average Bonchev–Trinajstić information content (AvgIpc) is 2.38. The van der Waals surface area contributed by atoms with E-state index < -0.39 is 0 Å². The highest BCUT2D eigenvalue weighted by Gasteiger charge is 2.15. The molecule has 1 aromatic rings. The summed E-state index contributed by atoms with van der Waals surface area (Å²) in [6.45, 7) is 4.98. The Morgan fingerprint density at radius 1 is 1.47 bits per heavy atom. The van der Waals surface area contributed by atoms with Crippen LogP contribution in [0.5, 0.6) is 0 Å². The van der Waals surface area contributed by atoms with E-state index in [9.17, 15) is 0 Å². The maximum atomic E-state index is 6.18. The first-order chi connectivity index (χ1) is 8.27. The summed E-state index contributed by atoms with van der Waals surface area (Å²) < 4.78 is 5.48. The Morgan fingerprint density at radius 2 is 2.29 bits per heavy atom. The van der Waals surface area contributed by atoms with Crippen LogP contribution in [-0.2, 0) is 4.74 Å². The fraction of sp³-hybridized carbons (Fsp3) is 0.571. The summed E-state index contributed by atoms with van der Waals surface area (Å²) in [5, 5.41) is 4.39. The van der Waals surface area contributed by atoms with E-state index in [1.807, 2.05) is 18.2 Å². The van der Waals surface area contributed by atoms with Crippen molar-refractivity contribution < 1.29 is 4.74 Å². The molecule has 94 valence electrons. The van der Waals surface area contributed by atoms with Gasteiger partial charge in [-0.2, -0.15) is 0 Å². The number of halogens is 1. The summed E-state index contributed by atoms with van der Waals surface area (Å²) in [6.07, 6.45) is 2.45. The van der Waals surface area contributed by atoms with E-state index in [-0.39, 0.29) is 0 Å². The Balaban J connectivity index is 1.84. The molecule has 2 rings (SSSR count). The van der Waals surface area contributed by atoms with Gasteiger partial charge in [0.1, 0.15) is 0 Å². The Bertz CT molecular complexity index is 350. The molecule has 1 fully saturated rings. The lowest BCUT2D eigenvalue weighted by Crippen LogP contribution is -2.30. The molecule has 0 amide bonds. The second-order valence-corrected chi connectivity index (χ2v) is 5.14. The van der Waals surface area contributed by atoms with E-state index >= 15 is 0 Å². The monoisotopic (exact) mass is 253 g/mol. The molecule has 0 aliphatic carbocycles. The van der Waals surface area contributed by atoms with Gasteiger partial charge in [0, 0.05) is 24.2 Å². The predicted molar refractivity (Wildman–Crippen MR) is 71.4 cm³/mol. The molecule has 0 aromatic heterocycles. The zero-order chi connectivity index (χ0) is 12.1. The molecule has 1 heterocycles. The van der Waals surface area contributed by atoms with Gasteiger partial charge in [0.2, 0.25) is 0 Å². The van der Waals surface area contributed by atoms with Crippen LogP contribution in [0.1, 0.15) is 31.4 Å². The normalized spacial score (nSPS) is 22.4. The van der Waals surface area contributed by atoms with Gasteiger partial charge in [-0.3, -0.25) is 0 Å². The van der Waals surface area contributed by atoms with Crippen LogP contribution in [0.4, 0.5) is 0 Å². The average molecular weight is 254 g/mol. The van der Waals surface area contributed by atoms with Gasteiger partial charge in [-0.05, 0) is 37.3 Å². The van der Waals surface area contributed by atoms with Gasteiger partial charge < -0.3 is 10.1 Å². The molecule has 0 saturated carbocycles. The molecule has 1 N–H and O–H groups in total. The lowest BCUT2D eigenvalue weighted by Gasteiger charge is -2.24. The first-order valence-electron chi connectivity index (χ1n) is 6.33. The summed E-state index contributed by atoms with van der Waals surface area (Å²) in [6, 6.07) is 8.32. The van der Waals surface area contributed by atoms with Crippen molar-refractivity contribution in [1.82, 2.24) is 5.32 Å². The highest BCUT2D eigenvalue weighted by Crippen LogP contribution is 2.22. The number of ether oxygens (including phenoxy) is 1. The van der Waals surface area contributed by atoms with E-state index in [0.29, 0.717) is 12.0 Å². The third-order valence-electron chi connectivity index (χ3n) is 3.34. The van der Waals surface area contributed by atoms with Crippen molar-refractivity contribution in [2.45, 2.75) is 25.8 Å². The highest BCUT2D eigenvalue weighted by molar-refractivity contribution is 6.31. The number of hydrogen-bond donors (Lipinski definition) is 1. The van der Waals surface area contributed by atoms with Crippen molar-refractivity contribution in [3.05, 3.63) is 34.9 Å².